The molecule has 1 atom stereocenters. The molecule has 1 aromatic rings. The number of benzene rings is 1. The fourth-order valence-corrected chi connectivity index (χ4v) is 3.32. The number of methoxy groups -OCH3 is 1. The molecule has 8 heteroatoms. The second-order valence-corrected chi connectivity index (χ2v) is 6.42. The molecule has 0 radical (unpaired) electrons. The first-order valence-electron chi connectivity index (χ1n) is 8.36. The lowest BCUT2D eigenvalue weighted by atomic mass is 10.1. The zero-order valence-electron chi connectivity index (χ0n) is 14.7. The van der Waals surface area contributed by atoms with Crippen LogP contribution in [0.4, 0.5) is 5.69 Å². The molecule has 0 saturated carbocycles. The quantitative estimate of drug-likeness (QED) is 0.592. The number of hydrogen-bond donors (Lipinski definition) is 1. The number of ether oxygens (including phenoxy) is 1. The summed E-state index contributed by atoms with van der Waals surface area (Å²) in [6.45, 7) is 2.33. The molecule has 1 saturated heterocycles. The molecule has 2 rings (SSSR count). The van der Waals surface area contributed by atoms with Crippen molar-refractivity contribution in [3.8, 4) is 5.75 Å². The predicted octanol–water partition coefficient (Wildman–Crippen LogP) is 1.97. The van der Waals surface area contributed by atoms with Gasteiger partial charge in [0, 0.05) is 30.3 Å². The van der Waals surface area contributed by atoms with Gasteiger partial charge >= 0.3 is 5.97 Å². The minimum absolute atomic E-state index is 0.0450. The van der Waals surface area contributed by atoms with Gasteiger partial charge in [0.15, 0.2) is 0 Å². The largest absolute Gasteiger partial charge is 0.496 e. The van der Waals surface area contributed by atoms with Crippen molar-refractivity contribution in [1.82, 2.24) is 9.80 Å². The summed E-state index contributed by atoms with van der Waals surface area (Å²) in [6.07, 6.45) is 2.79. The zero-order valence-corrected chi connectivity index (χ0v) is 14.7. The van der Waals surface area contributed by atoms with Crippen molar-refractivity contribution < 1.29 is 19.6 Å². The Labute approximate surface area is 147 Å². The molecule has 1 aliphatic heterocycles. The van der Waals surface area contributed by atoms with E-state index in [0.717, 1.165) is 37.9 Å². The van der Waals surface area contributed by atoms with Crippen molar-refractivity contribution in [3.63, 3.8) is 0 Å². The van der Waals surface area contributed by atoms with Gasteiger partial charge in [0.25, 0.3) is 5.69 Å². The minimum atomic E-state index is -0.815. The Morgan fingerprint density at radius 3 is 2.84 bits per heavy atom. The summed E-state index contributed by atoms with van der Waals surface area (Å²) in [5.41, 5.74) is 0.860. The molecule has 0 amide bonds. The number of carbonyl (C=O) groups is 1. The van der Waals surface area contributed by atoms with E-state index in [2.05, 4.69) is 4.90 Å². The summed E-state index contributed by atoms with van der Waals surface area (Å²) in [5.74, 6) is -0.167. The molecule has 0 spiro atoms. The van der Waals surface area contributed by atoms with Crippen LogP contribution in [0.25, 0.3) is 0 Å². The number of likely N-dealkylation sites (N-methyl/N-ethyl adjacent to an activating group) is 1. The summed E-state index contributed by atoms with van der Waals surface area (Å²) in [4.78, 5) is 25.6. The van der Waals surface area contributed by atoms with Crippen LogP contribution >= 0.6 is 0 Å². The van der Waals surface area contributed by atoms with Crippen molar-refractivity contribution in [1.29, 1.82) is 0 Å². The molecule has 1 N–H and O–H groups in total. The Kier molecular flexibility index (Phi) is 6.72. The summed E-state index contributed by atoms with van der Waals surface area (Å²) < 4.78 is 5.33. The Morgan fingerprint density at radius 2 is 2.20 bits per heavy atom. The first kappa shape index (κ1) is 19.1. The standard InChI is InChI=1S/C17H25N3O5/c1-18(12-17(21)22)14-4-3-8-19(9-7-14)11-13-10-15(20(23)24)5-6-16(13)25-2/h5-6,10,14H,3-4,7-9,11-12H2,1-2H3,(H,21,22). The molecular formula is C17H25N3O5. The highest BCUT2D eigenvalue weighted by atomic mass is 16.6. The average molecular weight is 351 g/mol. The number of aliphatic carboxylic acids is 1. The Hall–Kier alpha value is -2.19. The van der Waals surface area contributed by atoms with Crippen LogP contribution in [0.15, 0.2) is 18.2 Å². The fraction of sp³-hybridized carbons (Fsp3) is 0.588. The summed E-state index contributed by atoms with van der Waals surface area (Å²) in [7, 11) is 3.40. The van der Waals surface area contributed by atoms with Gasteiger partial charge in [-0.05, 0) is 45.5 Å². The van der Waals surface area contributed by atoms with Gasteiger partial charge in [0.2, 0.25) is 0 Å². The Balaban J connectivity index is 2.03. The van der Waals surface area contributed by atoms with Crippen LogP contribution in [-0.2, 0) is 11.3 Å². The van der Waals surface area contributed by atoms with Crippen molar-refractivity contribution in [2.45, 2.75) is 31.8 Å². The fourth-order valence-electron chi connectivity index (χ4n) is 3.32. The van der Waals surface area contributed by atoms with Gasteiger partial charge in [-0.15, -0.1) is 0 Å². The molecule has 138 valence electrons. The molecule has 8 nitrogen and oxygen atoms in total. The van der Waals surface area contributed by atoms with E-state index >= 15 is 0 Å². The van der Waals surface area contributed by atoms with Gasteiger partial charge in [-0.2, -0.15) is 0 Å². The number of likely N-dealkylation sites (tertiary alicyclic amines) is 1. The molecular weight excluding hydrogens is 326 g/mol. The molecule has 1 aromatic carbocycles. The topological polar surface area (TPSA) is 96.2 Å². The number of carboxylic acids is 1. The molecule has 1 aliphatic rings. The lowest BCUT2D eigenvalue weighted by molar-refractivity contribution is -0.385. The van der Waals surface area contributed by atoms with Gasteiger partial charge in [0.05, 0.1) is 18.6 Å². The number of nitro groups is 1. The maximum absolute atomic E-state index is 11.0. The molecule has 1 fully saturated rings. The Bertz CT molecular complexity index is 622. The van der Waals surface area contributed by atoms with E-state index in [1.54, 1.807) is 19.2 Å². The van der Waals surface area contributed by atoms with E-state index in [9.17, 15) is 14.9 Å². The summed E-state index contributed by atoms with van der Waals surface area (Å²) >= 11 is 0. The zero-order chi connectivity index (χ0) is 18.4. The third kappa shape index (κ3) is 5.40. The van der Waals surface area contributed by atoms with E-state index < -0.39 is 10.9 Å². The van der Waals surface area contributed by atoms with Crippen LogP contribution in [0.1, 0.15) is 24.8 Å². The van der Waals surface area contributed by atoms with Gasteiger partial charge < -0.3 is 9.84 Å². The monoisotopic (exact) mass is 351 g/mol. The summed E-state index contributed by atoms with van der Waals surface area (Å²) in [5, 5.41) is 19.9. The smallest absolute Gasteiger partial charge is 0.317 e. The van der Waals surface area contributed by atoms with Gasteiger partial charge in [-0.3, -0.25) is 24.7 Å². The van der Waals surface area contributed by atoms with E-state index in [0.29, 0.717) is 12.3 Å². The predicted molar refractivity (Wildman–Crippen MR) is 92.8 cm³/mol. The van der Waals surface area contributed by atoms with Crippen molar-refractivity contribution >= 4 is 11.7 Å². The van der Waals surface area contributed by atoms with Crippen LogP contribution in [0.2, 0.25) is 0 Å². The highest BCUT2D eigenvalue weighted by Crippen LogP contribution is 2.26. The number of carboxylic acid groups (broad SMARTS) is 1. The van der Waals surface area contributed by atoms with Crippen LogP contribution < -0.4 is 4.74 Å². The lowest BCUT2D eigenvalue weighted by Gasteiger charge is -2.25. The Morgan fingerprint density at radius 1 is 1.44 bits per heavy atom. The van der Waals surface area contributed by atoms with Crippen LogP contribution in [0.3, 0.4) is 0 Å². The van der Waals surface area contributed by atoms with Crippen LogP contribution in [-0.4, -0.2) is 65.6 Å². The number of non-ortho nitro benzene ring substituents is 1. The van der Waals surface area contributed by atoms with Gasteiger partial charge in [0.1, 0.15) is 5.75 Å². The molecule has 0 aromatic heterocycles. The first-order chi connectivity index (χ1) is 11.9. The molecule has 1 unspecified atom stereocenters. The number of rotatable bonds is 7. The molecule has 25 heavy (non-hydrogen) atoms. The maximum Gasteiger partial charge on any atom is 0.317 e. The van der Waals surface area contributed by atoms with Gasteiger partial charge in [-0.1, -0.05) is 0 Å². The van der Waals surface area contributed by atoms with E-state index in [1.807, 2.05) is 11.9 Å². The van der Waals surface area contributed by atoms with Crippen molar-refractivity contribution in [3.05, 3.63) is 33.9 Å². The van der Waals surface area contributed by atoms with Crippen molar-refractivity contribution in [2.75, 3.05) is 33.8 Å². The van der Waals surface area contributed by atoms with Gasteiger partial charge in [-0.25, -0.2) is 0 Å². The van der Waals surface area contributed by atoms with E-state index in [1.165, 1.54) is 6.07 Å². The highest BCUT2D eigenvalue weighted by molar-refractivity contribution is 5.69. The molecule has 0 bridgehead atoms. The van der Waals surface area contributed by atoms with E-state index in [4.69, 9.17) is 9.84 Å². The highest BCUT2D eigenvalue weighted by Gasteiger charge is 2.22. The number of nitrogens with zero attached hydrogens (tertiary/aromatic N) is 3. The SMILES string of the molecule is COc1ccc([N+](=O)[O-])cc1CN1CCCC(N(C)CC(=O)O)CC1. The number of nitro benzene ring substituents is 1. The first-order valence-corrected chi connectivity index (χ1v) is 8.36. The maximum atomic E-state index is 11.0. The minimum Gasteiger partial charge on any atom is -0.496 e. The molecule has 0 aliphatic carbocycles. The third-order valence-corrected chi connectivity index (χ3v) is 4.67. The number of hydrogen-bond acceptors (Lipinski definition) is 6. The molecule has 1 heterocycles. The average Bonchev–Trinajstić information content (AvgIpc) is 2.79. The lowest BCUT2D eigenvalue weighted by Crippen LogP contribution is -2.36. The second-order valence-electron chi connectivity index (χ2n) is 6.42. The van der Waals surface area contributed by atoms with Crippen LogP contribution in [0.5, 0.6) is 5.75 Å². The normalized spacial score (nSPS) is 18.8. The second kappa shape index (κ2) is 8.77. The van der Waals surface area contributed by atoms with E-state index in [-0.39, 0.29) is 18.3 Å². The third-order valence-electron chi connectivity index (χ3n) is 4.67. The summed E-state index contributed by atoms with van der Waals surface area (Å²) in [6, 6.07) is 4.89. The van der Waals surface area contributed by atoms with Crippen LogP contribution in [0, 0.1) is 10.1 Å². The van der Waals surface area contributed by atoms with Crippen molar-refractivity contribution in [2.24, 2.45) is 0 Å².